The first kappa shape index (κ1) is 20.9. The molecule has 142 valence electrons. The van der Waals surface area contributed by atoms with Crippen LogP contribution >= 0.6 is 23.7 Å². The van der Waals surface area contributed by atoms with Crippen molar-refractivity contribution < 1.29 is 9.18 Å². The Labute approximate surface area is 165 Å². The summed E-state index contributed by atoms with van der Waals surface area (Å²) in [5, 5.41) is 3.32. The van der Waals surface area contributed by atoms with Gasteiger partial charge in [-0.3, -0.25) is 4.79 Å². The fourth-order valence-electron chi connectivity index (χ4n) is 3.22. The number of thiophene rings is 1. The minimum atomic E-state index is -0.223. The second kappa shape index (κ2) is 9.49. The van der Waals surface area contributed by atoms with Crippen molar-refractivity contribution in [2.45, 2.75) is 39.3 Å². The minimum Gasteiger partial charge on any atom is -0.335 e. The molecule has 26 heavy (non-hydrogen) atoms. The summed E-state index contributed by atoms with van der Waals surface area (Å²) in [4.78, 5) is 17.2. The topological polar surface area (TPSA) is 32.3 Å². The fourth-order valence-corrected chi connectivity index (χ4v) is 4.23. The van der Waals surface area contributed by atoms with E-state index in [1.54, 1.807) is 23.5 Å². The van der Waals surface area contributed by atoms with Crippen molar-refractivity contribution >= 4 is 29.7 Å². The average molecular weight is 397 g/mol. The van der Waals surface area contributed by atoms with E-state index in [1.807, 2.05) is 4.90 Å². The zero-order chi connectivity index (χ0) is 17.8. The Bertz CT molecular complexity index is 711. The van der Waals surface area contributed by atoms with Gasteiger partial charge < -0.3 is 10.2 Å². The van der Waals surface area contributed by atoms with Gasteiger partial charge in [-0.2, -0.15) is 0 Å². The van der Waals surface area contributed by atoms with Crippen LogP contribution in [0, 0.1) is 11.7 Å². The smallest absolute Gasteiger partial charge is 0.226 e. The molecule has 0 radical (unpaired) electrons. The van der Waals surface area contributed by atoms with Crippen LogP contribution in [0.25, 0.3) is 10.4 Å². The van der Waals surface area contributed by atoms with Crippen molar-refractivity contribution in [2.75, 3.05) is 13.1 Å². The number of carbonyl (C=O) groups is 1. The third kappa shape index (κ3) is 5.06. The van der Waals surface area contributed by atoms with Crippen molar-refractivity contribution in [2.24, 2.45) is 5.92 Å². The predicted octanol–water partition coefficient (Wildman–Crippen LogP) is 4.71. The quantitative estimate of drug-likeness (QED) is 0.793. The molecule has 0 aliphatic carbocycles. The molecular formula is C20H26ClFN2OS. The van der Waals surface area contributed by atoms with Crippen LogP contribution in [0.5, 0.6) is 0 Å². The Morgan fingerprint density at radius 3 is 2.46 bits per heavy atom. The number of hydrogen-bond donors (Lipinski definition) is 1. The van der Waals surface area contributed by atoms with Crippen molar-refractivity contribution in [1.29, 1.82) is 0 Å². The SMILES string of the molecule is CC(C)N(Cc1ccc(-c2ccc(F)cc2)s1)C(=O)C1CCNCC1.Cl. The molecule has 3 nitrogen and oxygen atoms in total. The lowest BCUT2D eigenvalue weighted by atomic mass is 9.96. The van der Waals surface area contributed by atoms with Gasteiger partial charge in [0, 0.05) is 21.7 Å². The summed E-state index contributed by atoms with van der Waals surface area (Å²) in [6.07, 6.45) is 1.85. The second-order valence-electron chi connectivity index (χ2n) is 6.86. The summed E-state index contributed by atoms with van der Waals surface area (Å²) in [5.41, 5.74) is 1.01. The van der Waals surface area contributed by atoms with Gasteiger partial charge in [-0.1, -0.05) is 12.1 Å². The van der Waals surface area contributed by atoms with Crippen LogP contribution in [0.1, 0.15) is 31.6 Å². The molecule has 2 heterocycles. The van der Waals surface area contributed by atoms with E-state index in [1.165, 1.54) is 12.1 Å². The van der Waals surface area contributed by atoms with Crippen molar-refractivity contribution in [3.05, 3.63) is 47.1 Å². The van der Waals surface area contributed by atoms with Crippen LogP contribution in [-0.4, -0.2) is 29.9 Å². The minimum absolute atomic E-state index is 0. The van der Waals surface area contributed by atoms with Gasteiger partial charge in [-0.15, -0.1) is 23.7 Å². The van der Waals surface area contributed by atoms with E-state index < -0.39 is 0 Å². The molecule has 6 heteroatoms. The molecule has 0 saturated carbocycles. The first-order valence-corrected chi connectivity index (χ1v) is 9.72. The molecular weight excluding hydrogens is 371 g/mol. The molecule has 1 fully saturated rings. The van der Waals surface area contributed by atoms with E-state index in [9.17, 15) is 9.18 Å². The molecule has 1 aromatic carbocycles. The Balaban J connectivity index is 0.00000243. The first-order valence-electron chi connectivity index (χ1n) is 8.90. The van der Waals surface area contributed by atoms with Gasteiger partial charge in [0.05, 0.1) is 6.54 Å². The maximum Gasteiger partial charge on any atom is 0.226 e. The van der Waals surface area contributed by atoms with E-state index in [2.05, 4.69) is 31.3 Å². The highest BCUT2D eigenvalue weighted by Crippen LogP contribution is 2.30. The summed E-state index contributed by atoms with van der Waals surface area (Å²) in [5.74, 6) is 0.187. The molecule has 2 aromatic rings. The second-order valence-corrected chi connectivity index (χ2v) is 8.03. The third-order valence-electron chi connectivity index (χ3n) is 4.71. The largest absolute Gasteiger partial charge is 0.335 e. The summed E-state index contributed by atoms with van der Waals surface area (Å²) in [7, 11) is 0. The Morgan fingerprint density at radius 2 is 1.85 bits per heavy atom. The highest BCUT2D eigenvalue weighted by atomic mass is 35.5. The number of benzene rings is 1. The molecule has 0 unspecified atom stereocenters. The van der Waals surface area contributed by atoms with Crippen molar-refractivity contribution in [1.82, 2.24) is 10.2 Å². The number of rotatable bonds is 5. The monoisotopic (exact) mass is 396 g/mol. The van der Waals surface area contributed by atoms with Crippen LogP contribution < -0.4 is 5.32 Å². The molecule has 0 spiro atoms. The molecule has 1 aliphatic rings. The van der Waals surface area contributed by atoms with Gasteiger partial charge in [0.1, 0.15) is 5.82 Å². The fraction of sp³-hybridized carbons (Fsp3) is 0.450. The lowest BCUT2D eigenvalue weighted by Gasteiger charge is -2.32. The van der Waals surface area contributed by atoms with Crippen LogP contribution in [0.4, 0.5) is 4.39 Å². The van der Waals surface area contributed by atoms with Gasteiger partial charge in [-0.05, 0) is 69.6 Å². The van der Waals surface area contributed by atoms with Gasteiger partial charge in [0.25, 0.3) is 0 Å². The highest BCUT2D eigenvalue weighted by Gasteiger charge is 2.27. The lowest BCUT2D eigenvalue weighted by Crippen LogP contribution is -2.43. The van der Waals surface area contributed by atoms with Crippen LogP contribution in [0.2, 0.25) is 0 Å². The normalized spacial score (nSPS) is 14.9. The van der Waals surface area contributed by atoms with Gasteiger partial charge >= 0.3 is 0 Å². The van der Waals surface area contributed by atoms with Gasteiger partial charge in [0.15, 0.2) is 0 Å². The standard InChI is InChI=1S/C20H25FN2OS.ClH/c1-14(2)23(20(24)16-9-11-22-12-10-16)13-18-7-8-19(25-18)15-3-5-17(21)6-4-15;/h3-8,14,16,22H,9-13H2,1-2H3;1H. The first-order chi connectivity index (χ1) is 12.0. The molecule has 1 aliphatic heterocycles. The summed E-state index contributed by atoms with van der Waals surface area (Å²) < 4.78 is 13.1. The number of amides is 1. The summed E-state index contributed by atoms with van der Waals surface area (Å²) in [6, 6.07) is 10.9. The third-order valence-corrected chi connectivity index (χ3v) is 5.83. The molecule has 0 bridgehead atoms. The Hall–Kier alpha value is -1.43. The molecule has 1 amide bonds. The maximum atomic E-state index is 13.1. The molecule has 3 rings (SSSR count). The number of carbonyl (C=O) groups excluding carboxylic acids is 1. The molecule has 1 aromatic heterocycles. The average Bonchev–Trinajstić information content (AvgIpc) is 3.09. The predicted molar refractivity (Wildman–Crippen MR) is 108 cm³/mol. The number of piperidine rings is 1. The highest BCUT2D eigenvalue weighted by molar-refractivity contribution is 7.15. The Morgan fingerprint density at radius 1 is 1.19 bits per heavy atom. The summed E-state index contributed by atoms with van der Waals surface area (Å²) in [6.45, 7) is 6.65. The van der Waals surface area contributed by atoms with E-state index in [0.29, 0.717) is 6.54 Å². The van der Waals surface area contributed by atoms with Crippen molar-refractivity contribution in [3.8, 4) is 10.4 Å². The van der Waals surface area contributed by atoms with E-state index in [-0.39, 0.29) is 36.1 Å². The van der Waals surface area contributed by atoms with Crippen LogP contribution in [-0.2, 0) is 11.3 Å². The number of hydrogen-bond acceptors (Lipinski definition) is 3. The van der Waals surface area contributed by atoms with E-state index in [4.69, 9.17) is 0 Å². The number of halogens is 2. The van der Waals surface area contributed by atoms with Gasteiger partial charge in [0.2, 0.25) is 5.91 Å². The number of nitrogens with one attached hydrogen (secondary N) is 1. The van der Waals surface area contributed by atoms with E-state index >= 15 is 0 Å². The summed E-state index contributed by atoms with van der Waals surface area (Å²) >= 11 is 1.67. The molecule has 0 atom stereocenters. The van der Waals surface area contributed by atoms with Gasteiger partial charge in [-0.25, -0.2) is 4.39 Å². The molecule has 1 N–H and O–H groups in total. The maximum absolute atomic E-state index is 13.1. The Kier molecular flexibility index (Phi) is 7.62. The van der Waals surface area contributed by atoms with Crippen LogP contribution in [0.3, 0.4) is 0 Å². The van der Waals surface area contributed by atoms with Crippen molar-refractivity contribution in [3.63, 3.8) is 0 Å². The van der Waals surface area contributed by atoms with Crippen LogP contribution in [0.15, 0.2) is 36.4 Å². The lowest BCUT2D eigenvalue weighted by molar-refractivity contribution is -0.138. The number of nitrogens with zero attached hydrogens (tertiary/aromatic N) is 1. The zero-order valence-electron chi connectivity index (χ0n) is 15.2. The molecule has 1 saturated heterocycles. The van der Waals surface area contributed by atoms with E-state index in [0.717, 1.165) is 41.2 Å². The zero-order valence-corrected chi connectivity index (χ0v) is 16.8.